The number of nitrogens with zero attached hydrogens (tertiary/aromatic N) is 2. The quantitative estimate of drug-likeness (QED) is 0.675. The molecule has 0 spiro atoms. The Hall–Kier alpha value is -0.650. The minimum absolute atomic E-state index is 0.235. The average Bonchev–Trinajstić information content (AvgIpc) is 2.33. The largest absolute Gasteiger partial charge is 0.378 e. The number of likely N-dealkylation sites (tertiary alicyclic amines) is 1. The van der Waals surface area contributed by atoms with Gasteiger partial charge in [0.25, 0.3) is 0 Å². The number of nitrogens with two attached hydrogens (primary N) is 1. The molecular formula is C11H21N3O2. The Balaban J connectivity index is 1.73. The van der Waals surface area contributed by atoms with Crippen molar-refractivity contribution in [2.45, 2.75) is 18.9 Å². The maximum absolute atomic E-state index is 11.9. The molecule has 5 nitrogen and oxygen atoms in total. The number of amides is 1. The Morgan fingerprint density at radius 2 is 1.81 bits per heavy atom. The number of carbonyl (C=O) groups excluding carboxylic acids is 1. The molecule has 0 aromatic rings. The van der Waals surface area contributed by atoms with E-state index in [1.807, 2.05) is 4.90 Å². The molecule has 0 aliphatic carbocycles. The maximum atomic E-state index is 11.9. The second-order valence-corrected chi connectivity index (χ2v) is 4.61. The summed E-state index contributed by atoms with van der Waals surface area (Å²) in [7, 11) is 0. The van der Waals surface area contributed by atoms with Crippen LogP contribution in [0.4, 0.5) is 0 Å². The van der Waals surface area contributed by atoms with Gasteiger partial charge < -0.3 is 15.4 Å². The van der Waals surface area contributed by atoms with Crippen molar-refractivity contribution in [2.24, 2.45) is 5.73 Å². The van der Waals surface area contributed by atoms with Crippen molar-refractivity contribution in [3.8, 4) is 0 Å². The zero-order valence-electron chi connectivity index (χ0n) is 9.73. The van der Waals surface area contributed by atoms with E-state index in [2.05, 4.69) is 4.90 Å². The van der Waals surface area contributed by atoms with Gasteiger partial charge in [0.05, 0.1) is 19.8 Å². The molecule has 0 atom stereocenters. The number of morpholine rings is 1. The molecule has 1 amide bonds. The SMILES string of the molecule is NC1CCN(CC(=O)N2CCOCC2)CC1. The van der Waals surface area contributed by atoms with Gasteiger partial charge in [0.1, 0.15) is 0 Å². The minimum atomic E-state index is 0.235. The van der Waals surface area contributed by atoms with Crippen LogP contribution in [0.5, 0.6) is 0 Å². The number of piperidine rings is 1. The molecule has 0 radical (unpaired) electrons. The van der Waals surface area contributed by atoms with E-state index in [0.29, 0.717) is 25.8 Å². The molecule has 0 aromatic carbocycles. The highest BCUT2D eigenvalue weighted by Crippen LogP contribution is 2.08. The summed E-state index contributed by atoms with van der Waals surface area (Å²) in [6, 6.07) is 0.328. The van der Waals surface area contributed by atoms with Gasteiger partial charge in [-0.2, -0.15) is 0 Å². The smallest absolute Gasteiger partial charge is 0.236 e. The molecule has 2 heterocycles. The summed E-state index contributed by atoms with van der Waals surface area (Å²) in [4.78, 5) is 16.1. The number of carbonyl (C=O) groups is 1. The van der Waals surface area contributed by atoms with Gasteiger partial charge in [-0.15, -0.1) is 0 Å². The van der Waals surface area contributed by atoms with Crippen LogP contribution < -0.4 is 5.73 Å². The van der Waals surface area contributed by atoms with E-state index in [0.717, 1.165) is 39.0 Å². The molecule has 0 saturated carbocycles. The molecule has 2 aliphatic heterocycles. The van der Waals surface area contributed by atoms with Crippen LogP contribution in [0, 0.1) is 0 Å². The lowest BCUT2D eigenvalue weighted by molar-refractivity contribution is -0.136. The monoisotopic (exact) mass is 227 g/mol. The molecule has 2 N–H and O–H groups in total. The topological polar surface area (TPSA) is 58.8 Å². The van der Waals surface area contributed by atoms with E-state index in [4.69, 9.17) is 10.5 Å². The van der Waals surface area contributed by atoms with Gasteiger partial charge in [0.15, 0.2) is 0 Å². The fraction of sp³-hybridized carbons (Fsp3) is 0.909. The molecule has 0 unspecified atom stereocenters. The third kappa shape index (κ3) is 3.17. The number of rotatable bonds is 2. The summed E-state index contributed by atoms with van der Waals surface area (Å²) < 4.78 is 5.23. The van der Waals surface area contributed by atoms with E-state index in [1.165, 1.54) is 0 Å². The van der Waals surface area contributed by atoms with Crippen molar-refractivity contribution < 1.29 is 9.53 Å². The molecule has 5 heteroatoms. The standard InChI is InChI=1S/C11H21N3O2/c12-10-1-3-13(4-2-10)9-11(15)14-5-7-16-8-6-14/h10H,1-9,12H2. The summed E-state index contributed by atoms with van der Waals surface area (Å²) in [5.41, 5.74) is 5.83. The first-order valence-corrected chi connectivity index (χ1v) is 6.09. The van der Waals surface area contributed by atoms with Gasteiger partial charge in [-0.1, -0.05) is 0 Å². The van der Waals surface area contributed by atoms with Crippen molar-refractivity contribution in [2.75, 3.05) is 45.9 Å². The second kappa shape index (κ2) is 5.61. The average molecular weight is 227 g/mol. The Morgan fingerprint density at radius 1 is 1.19 bits per heavy atom. The first kappa shape index (κ1) is 11.8. The van der Waals surface area contributed by atoms with Crippen LogP contribution in [-0.4, -0.2) is 67.7 Å². The van der Waals surface area contributed by atoms with Gasteiger partial charge in [0.2, 0.25) is 5.91 Å². The summed E-state index contributed by atoms with van der Waals surface area (Å²) >= 11 is 0. The predicted octanol–water partition coefficient (Wildman–Crippen LogP) is -0.732. The first-order chi connectivity index (χ1) is 7.75. The van der Waals surface area contributed by atoms with Crippen molar-refractivity contribution in [3.05, 3.63) is 0 Å². The van der Waals surface area contributed by atoms with E-state index in [1.54, 1.807) is 0 Å². The van der Waals surface area contributed by atoms with Gasteiger partial charge in [-0.05, 0) is 12.8 Å². The van der Waals surface area contributed by atoms with Gasteiger partial charge in [0, 0.05) is 32.2 Å². The molecule has 2 rings (SSSR count). The lowest BCUT2D eigenvalue weighted by atomic mass is 10.1. The summed E-state index contributed by atoms with van der Waals surface area (Å²) in [6.45, 7) is 5.30. The molecule has 2 saturated heterocycles. The number of ether oxygens (including phenoxy) is 1. The number of hydrogen-bond donors (Lipinski definition) is 1. The fourth-order valence-electron chi connectivity index (χ4n) is 2.22. The fourth-order valence-corrected chi connectivity index (χ4v) is 2.22. The molecule has 2 fully saturated rings. The van der Waals surface area contributed by atoms with Crippen molar-refractivity contribution >= 4 is 5.91 Å². The van der Waals surface area contributed by atoms with E-state index in [-0.39, 0.29) is 5.91 Å². The highest BCUT2D eigenvalue weighted by molar-refractivity contribution is 5.78. The molecule has 16 heavy (non-hydrogen) atoms. The Labute approximate surface area is 96.5 Å². The lowest BCUT2D eigenvalue weighted by Crippen LogP contribution is -2.48. The minimum Gasteiger partial charge on any atom is -0.378 e. The predicted molar refractivity (Wildman–Crippen MR) is 61.0 cm³/mol. The Morgan fingerprint density at radius 3 is 2.44 bits per heavy atom. The third-order valence-corrected chi connectivity index (χ3v) is 3.35. The van der Waals surface area contributed by atoms with Crippen LogP contribution in [0.25, 0.3) is 0 Å². The maximum Gasteiger partial charge on any atom is 0.236 e. The number of hydrogen-bond acceptors (Lipinski definition) is 4. The normalized spacial score (nSPS) is 24.7. The van der Waals surface area contributed by atoms with Crippen LogP contribution in [0.1, 0.15) is 12.8 Å². The van der Waals surface area contributed by atoms with Crippen LogP contribution in [0.2, 0.25) is 0 Å². The molecule has 0 aromatic heterocycles. The van der Waals surface area contributed by atoms with Crippen LogP contribution in [0.15, 0.2) is 0 Å². The van der Waals surface area contributed by atoms with Crippen LogP contribution in [0.3, 0.4) is 0 Å². The van der Waals surface area contributed by atoms with Crippen molar-refractivity contribution in [1.29, 1.82) is 0 Å². The zero-order valence-corrected chi connectivity index (χ0v) is 9.73. The molecule has 2 aliphatic rings. The van der Waals surface area contributed by atoms with Crippen molar-refractivity contribution in [3.63, 3.8) is 0 Å². The van der Waals surface area contributed by atoms with E-state index in [9.17, 15) is 4.79 Å². The summed E-state index contributed by atoms with van der Waals surface area (Å²) in [5.74, 6) is 0.235. The Kier molecular flexibility index (Phi) is 4.15. The highest BCUT2D eigenvalue weighted by atomic mass is 16.5. The highest BCUT2D eigenvalue weighted by Gasteiger charge is 2.22. The van der Waals surface area contributed by atoms with Crippen LogP contribution in [-0.2, 0) is 9.53 Å². The second-order valence-electron chi connectivity index (χ2n) is 4.61. The van der Waals surface area contributed by atoms with Crippen LogP contribution >= 0.6 is 0 Å². The summed E-state index contributed by atoms with van der Waals surface area (Å²) in [5, 5.41) is 0. The van der Waals surface area contributed by atoms with Gasteiger partial charge in [-0.3, -0.25) is 9.69 Å². The van der Waals surface area contributed by atoms with Crippen molar-refractivity contribution in [1.82, 2.24) is 9.80 Å². The zero-order chi connectivity index (χ0) is 11.4. The summed E-state index contributed by atoms with van der Waals surface area (Å²) in [6.07, 6.45) is 2.02. The molecule has 0 bridgehead atoms. The lowest BCUT2D eigenvalue weighted by Gasteiger charge is -2.33. The third-order valence-electron chi connectivity index (χ3n) is 3.35. The molecule has 92 valence electrons. The first-order valence-electron chi connectivity index (χ1n) is 6.09. The molecular weight excluding hydrogens is 206 g/mol. The Bertz CT molecular complexity index is 233. The van der Waals surface area contributed by atoms with E-state index < -0.39 is 0 Å². The van der Waals surface area contributed by atoms with Gasteiger partial charge >= 0.3 is 0 Å². The van der Waals surface area contributed by atoms with Gasteiger partial charge in [-0.25, -0.2) is 0 Å². The van der Waals surface area contributed by atoms with E-state index >= 15 is 0 Å².